The first-order valence-corrected chi connectivity index (χ1v) is 13.3. The third-order valence-electron chi connectivity index (χ3n) is 5.62. The van der Waals surface area contributed by atoms with E-state index in [1.165, 1.54) is 4.31 Å². The molecule has 0 spiro atoms. The van der Waals surface area contributed by atoms with Gasteiger partial charge in [0.2, 0.25) is 21.8 Å². The lowest BCUT2D eigenvalue weighted by Gasteiger charge is -2.25. The third kappa shape index (κ3) is 5.51. The van der Waals surface area contributed by atoms with Gasteiger partial charge in [0.15, 0.2) is 0 Å². The van der Waals surface area contributed by atoms with Crippen LogP contribution in [-0.4, -0.2) is 66.4 Å². The van der Waals surface area contributed by atoms with Gasteiger partial charge in [-0.3, -0.25) is 4.79 Å². The van der Waals surface area contributed by atoms with Gasteiger partial charge in [-0.05, 0) is 50.8 Å². The van der Waals surface area contributed by atoms with Crippen LogP contribution in [-0.2, 0) is 19.6 Å². The van der Waals surface area contributed by atoms with Gasteiger partial charge in [0.1, 0.15) is 0 Å². The monoisotopic (exact) mass is 480 g/mol. The number of sulfonamides is 1. The quantitative estimate of drug-likeness (QED) is 0.574. The summed E-state index contributed by atoms with van der Waals surface area (Å²) in [7, 11) is -3.55. The number of thioether (sulfide) groups is 1. The van der Waals surface area contributed by atoms with Crippen molar-refractivity contribution in [3.8, 4) is 11.5 Å². The van der Waals surface area contributed by atoms with E-state index in [1.807, 2.05) is 0 Å². The molecule has 4 rings (SSSR count). The first-order valence-electron chi connectivity index (χ1n) is 10.9. The molecule has 3 heterocycles. The summed E-state index contributed by atoms with van der Waals surface area (Å²) in [6.45, 7) is 4.10. The molecular weight excluding hydrogens is 452 g/mol. The Bertz CT molecular complexity index is 1030. The number of hydrogen-bond acceptors (Lipinski definition) is 8. The topological polar surface area (TPSA) is 115 Å². The van der Waals surface area contributed by atoms with Gasteiger partial charge < -0.3 is 14.5 Å². The summed E-state index contributed by atoms with van der Waals surface area (Å²) in [4.78, 5) is 12.6. The fourth-order valence-corrected chi connectivity index (χ4v) is 6.06. The minimum Gasteiger partial charge on any atom is -0.411 e. The Kier molecular flexibility index (Phi) is 7.49. The van der Waals surface area contributed by atoms with Gasteiger partial charge in [-0.25, -0.2) is 8.42 Å². The SMILES string of the molecule is C[C@H](Sc1nnc(-c2cccc(S(=O)(=O)N3CCCCC3)c2)o1)C(=O)NC[C@H]1CCCO1. The van der Waals surface area contributed by atoms with Crippen molar-refractivity contribution < 1.29 is 22.4 Å². The molecule has 32 heavy (non-hydrogen) atoms. The highest BCUT2D eigenvalue weighted by Crippen LogP contribution is 2.29. The highest BCUT2D eigenvalue weighted by atomic mass is 32.2. The van der Waals surface area contributed by atoms with Crippen LogP contribution in [0.4, 0.5) is 0 Å². The number of amides is 1. The van der Waals surface area contributed by atoms with Crippen LogP contribution in [0, 0.1) is 0 Å². The highest BCUT2D eigenvalue weighted by Gasteiger charge is 2.27. The van der Waals surface area contributed by atoms with Crippen molar-refractivity contribution in [2.24, 2.45) is 0 Å². The van der Waals surface area contributed by atoms with Gasteiger partial charge >= 0.3 is 0 Å². The van der Waals surface area contributed by atoms with E-state index < -0.39 is 15.3 Å². The van der Waals surface area contributed by atoms with E-state index in [0.717, 1.165) is 50.5 Å². The summed E-state index contributed by atoms with van der Waals surface area (Å²) < 4.78 is 38.7. The molecular formula is C21H28N4O5S2. The molecule has 1 aromatic carbocycles. The zero-order chi connectivity index (χ0) is 22.6. The van der Waals surface area contributed by atoms with Gasteiger partial charge in [-0.15, -0.1) is 10.2 Å². The average Bonchev–Trinajstić information content (AvgIpc) is 3.50. The lowest BCUT2D eigenvalue weighted by molar-refractivity contribution is -0.120. The summed E-state index contributed by atoms with van der Waals surface area (Å²) in [5.41, 5.74) is 0.526. The van der Waals surface area contributed by atoms with Crippen molar-refractivity contribution in [2.75, 3.05) is 26.2 Å². The number of piperidine rings is 1. The van der Waals surface area contributed by atoms with Crippen LogP contribution in [0.5, 0.6) is 0 Å². The molecule has 2 atom stereocenters. The Morgan fingerprint density at radius 3 is 2.81 bits per heavy atom. The van der Waals surface area contributed by atoms with E-state index in [9.17, 15) is 13.2 Å². The fraction of sp³-hybridized carbons (Fsp3) is 0.571. The number of nitrogens with one attached hydrogen (secondary N) is 1. The zero-order valence-corrected chi connectivity index (χ0v) is 19.7. The average molecular weight is 481 g/mol. The Balaban J connectivity index is 1.39. The number of hydrogen-bond donors (Lipinski definition) is 1. The summed E-state index contributed by atoms with van der Waals surface area (Å²) in [6, 6.07) is 6.54. The second kappa shape index (κ2) is 10.3. The third-order valence-corrected chi connectivity index (χ3v) is 8.44. The molecule has 0 saturated carbocycles. The molecule has 2 aliphatic heterocycles. The second-order valence-electron chi connectivity index (χ2n) is 8.01. The Hall–Kier alpha value is -1.95. The maximum atomic E-state index is 13.0. The molecule has 0 radical (unpaired) electrons. The minimum absolute atomic E-state index is 0.0830. The van der Waals surface area contributed by atoms with Crippen molar-refractivity contribution in [2.45, 2.75) is 60.5 Å². The molecule has 11 heteroatoms. The number of ether oxygens (including phenoxy) is 1. The van der Waals surface area contributed by atoms with Crippen molar-refractivity contribution in [3.63, 3.8) is 0 Å². The van der Waals surface area contributed by atoms with Crippen LogP contribution in [0.1, 0.15) is 39.0 Å². The van der Waals surface area contributed by atoms with E-state index in [0.29, 0.717) is 25.2 Å². The maximum absolute atomic E-state index is 13.0. The van der Waals surface area contributed by atoms with Crippen molar-refractivity contribution in [1.82, 2.24) is 19.8 Å². The molecule has 2 aliphatic rings. The molecule has 2 fully saturated rings. The normalized spacial score (nSPS) is 20.8. The molecule has 1 aromatic heterocycles. The molecule has 1 N–H and O–H groups in total. The molecule has 9 nitrogen and oxygen atoms in total. The first-order chi connectivity index (χ1) is 15.4. The maximum Gasteiger partial charge on any atom is 0.277 e. The predicted octanol–water partition coefficient (Wildman–Crippen LogP) is 2.69. The summed E-state index contributed by atoms with van der Waals surface area (Å²) in [6.07, 6.45) is 4.88. The largest absolute Gasteiger partial charge is 0.411 e. The molecule has 0 aliphatic carbocycles. The van der Waals surface area contributed by atoms with Gasteiger partial charge in [0.05, 0.1) is 16.2 Å². The van der Waals surface area contributed by atoms with Gasteiger partial charge in [0, 0.05) is 31.8 Å². The van der Waals surface area contributed by atoms with Crippen LogP contribution < -0.4 is 5.32 Å². The summed E-state index contributed by atoms with van der Waals surface area (Å²) in [5, 5.41) is 10.8. The Morgan fingerprint density at radius 2 is 2.06 bits per heavy atom. The van der Waals surface area contributed by atoms with E-state index in [1.54, 1.807) is 31.2 Å². The van der Waals surface area contributed by atoms with E-state index in [4.69, 9.17) is 9.15 Å². The number of carbonyl (C=O) groups excluding carboxylic acids is 1. The summed E-state index contributed by atoms with van der Waals surface area (Å²) >= 11 is 1.16. The molecule has 2 saturated heterocycles. The molecule has 2 aromatic rings. The smallest absolute Gasteiger partial charge is 0.277 e. The number of carbonyl (C=O) groups is 1. The minimum atomic E-state index is -3.55. The molecule has 174 valence electrons. The zero-order valence-electron chi connectivity index (χ0n) is 18.0. The first kappa shape index (κ1) is 23.2. The number of aromatic nitrogens is 2. The van der Waals surface area contributed by atoms with Gasteiger partial charge in [-0.2, -0.15) is 4.31 Å². The van der Waals surface area contributed by atoms with Crippen LogP contribution in [0.15, 0.2) is 38.8 Å². The number of rotatable bonds is 8. The Labute approximate surface area is 192 Å². The fourth-order valence-electron chi connectivity index (χ4n) is 3.79. The van der Waals surface area contributed by atoms with Crippen LogP contribution in [0.3, 0.4) is 0 Å². The van der Waals surface area contributed by atoms with E-state index in [-0.39, 0.29) is 28.0 Å². The van der Waals surface area contributed by atoms with Crippen molar-refractivity contribution >= 4 is 27.7 Å². The summed E-state index contributed by atoms with van der Waals surface area (Å²) in [5.74, 6) is 0.0926. The predicted molar refractivity (Wildman–Crippen MR) is 120 cm³/mol. The molecule has 1 amide bonds. The van der Waals surface area contributed by atoms with Gasteiger partial charge in [0.25, 0.3) is 5.22 Å². The van der Waals surface area contributed by atoms with Crippen molar-refractivity contribution in [1.29, 1.82) is 0 Å². The molecule has 0 unspecified atom stereocenters. The molecule has 0 bridgehead atoms. The highest BCUT2D eigenvalue weighted by molar-refractivity contribution is 8.00. The lowest BCUT2D eigenvalue weighted by Crippen LogP contribution is -2.36. The second-order valence-corrected chi connectivity index (χ2v) is 11.2. The van der Waals surface area contributed by atoms with Crippen LogP contribution in [0.25, 0.3) is 11.5 Å². The number of nitrogens with zero attached hydrogens (tertiary/aromatic N) is 3. The van der Waals surface area contributed by atoms with Crippen LogP contribution in [0.2, 0.25) is 0 Å². The Morgan fingerprint density at radius 1 is 1.25 bits per heavy atom. The van der Waals surface area contributed by atoms with Gasteiger partial charge in [-0.1, -0.05) is 24.2 Å². The standard InChI is InChI=1S/C21H28N4O5S2/c1-15(19(26)22-14-17-8-6-12-29-17)31-21-24-23-20(30-21)16-7-5-9-18(13-16)32(27,28)25-10-3-2-4-11-25/h5,7,9,13,15,17H,2-4,6,8,10-12,14H2,1H3,(H,22,26)/t15-,17+/m0/s1. The number of benzene rings is 1. The van der Waals surface area contributed by atoms with Crippen LogP contribution >= 0.6 is 11.8 Å². The van der Waals surface area contributed by atoms with Crippen molar-refractivity contribution in [3.05, 3.63) is 24.3 Å². The van der Waals surface area contributed by atoms with E-state index >= 15 is 0 Å². The lowest BCUT2D eigenvalue weighted by atomic mass is 10.2. The van der Waals surface area contributed by atoms with E-state index in [2.05, 4.69) is 15.5 Å².